The summed E-state index contributed by atoms with van der Waals surface area (Å²) in [6, 6.07) is 6.39. The van der Waals surface area contributed by atoms with Gasteiger partial charge in [0, 0.05) is 62.8 Å². The Kier molecular flexibility index (Phi) is 5.59. The zero-order valence-electron chi connectivity index (χ0n) is 16.0. The molecule has 28 heavy (non-hydrogen) atoms. The zero-order chi connectivity index (χ0) is 19.5. The number of carbonyl (C=O) groups is 1. The van der Waals surface area contributed by atoms with Gasteiger partial charge in [-0.1, -0.05) is 0 Å². The summed E-state index contributed by atoms with van der Waals surface area (Å²) in [4.78, 5) is 26.3. The van der Waals surface area contributed by atoms with Crippen molar-refractivity contribution in [2.45, 2.75) is 18.8 Å². The molecule has 1 aromatic heterocycles. The molecule has 8 heteroatoms. The van der Waals surface area contributed by atoms with E-state index in [4.69, 9.17) is 10.2 Å². The number of aromatic nitrogens is 2. The maximum Gasteiger partial charge on any atom is 0.407 e. The maximum atomic E-state index is 11.1. The van der Waals surface area contributed by atoms with E-state index in [0.29, 0.717) is 13.1 Å². The lowest BCUT2D eigenvalue weighted by Crippen LogP contribution is -2.47. The highest BCUT2D eigenvalue weighted by molar-refractivity contribution is 5.84. The fourth-order valence-electron chi connectivity index (χ4n) is 4.30. The molecular formula is C20H27N5O3. The van der Waals surface area contributed by atoms with Gasteiger partial charge >= 0.3 is 6.09 Å². The second-order valence-corrected chi connectivity index (χ2v) is 7.56. The van der Waals surface area contributed by atoms with Gasteiger partial charge in [-0.15, -0.1) is 0 Å². The number of aliphatic hydroxyl groups excluding tert-OH is 1. The van der Waals surface area contributed by atoms with Crippen LogP contribution in [-0.4, -0.2) is 88.5 Å². The number of piperidine rings is 1. The van der Waals surface area contributed by atoms with E-state index in [9.17, 15) is 4.79 Å². The predicted octanol–water partition coefficient (Wildman–Crippen LogP) is 1.60. The van der Waals surface area contributed by atoms with E-state index >= 15 is 0 Å². The molecule has 1 aromatic carbocycles. The minimum atomic E-state index is -0.838. The third kappa shape index (κ3) is 3.88. The molecule has 2 fully saturated rings. The molecule has 0 radical (unpaired) electrons. The molecule has 2 aliphatic rings. The molecule has 2 aliphatic heterocycles. The topological polar surface area (TPSA) is 93.0 Å². The highest BCUT2D eigenvalue weighted by Gasteiger charge is 2.26. The lowest BCUT2D eigenvalue weighted by Gasteiger charge is -2.36. The third-order valence-electron chi connectivity index (χ3n) is 5.96. The van der Waals surface area contributed by atoms with Crippen LogP contribution in [0.4, 0.5) is 10.5 Å². The zero-order valence-corrected chi connectivity index (χ0v) is 16.0. The molecule has 0 atom stereocenters. The third-order valence-corrected chi connectivity index (χ3v) is 5.96. The number of β-amino-alcohol motifs (C(OH)–C–C–N with tert-alkyl or cyclic N) is 1. The first kappa shape index (κ1) is 18.9. The highest BCUT2D eigenvalue weighted by Crippen LogP contribution is 2.32. The van der Waals surface area contributed by atoms with Crippen LogP contribution in [0.3, 0.4) is 0 Å². The van der Waals surface area contributed by atoms with Crippen LogP contribution in [-0.2, 0) is 0 Å². The summed E-state index contributed by atoms with van der Waals surface area (Å²) in [5.74, 6) is 0.272. The van der Waals surface area contributed by atoms with Gasteiger partial charge in [0.15, 0.2) is 0 Å². The molecule has 2 saturated heterocycles. The number of likely N-dealkylation sites (tertiary alicyclic amines) is 1. The van der Waals surface area contributed by atoms with Gasteiger partial charge < -0.3 is 20.0 Å². The Labute approximate surface area is 164 Å². The van der Waals surface area contributed by atoms with Gasteiger partial charge in [0.25, 0.3) is 0 Å². The average molecular weight is 385 g/mol. The van der Waals surface area contributed by atoms with E-state index in [0.717, 1.165) is 62.2 Å². The number of benzene rings is 1. The van der Waals surface area contributed by atoms with Crippen molar-refractivity contribution in [1.29, 1.82) is 0 Å². The Bertz CT molecular complexity index is 830. The van der Waals surface area contributed by atoms with Crippen LogP contribution in [0.5, 0.6) is 0 Å². The molecular weight excluding hydrogens is 358 g/mol. The number of nitrogens with zero attached hydrogens (tertiary/aromatic N) is 5. The Hall–Kier alpha value is -2.45. The first-order valence-electron chi connectivity index (χ1n) is 9.96. The number of fused-ring (bicyclic) bond motifs is 1. The fraction of sp³-hybridized carbons (Fsp3) is 0.550. The van der Waals surface area contributed by atoms with Gasteiger partial charge in [-0.25, -0.2) is 14.8 Å². The first-order chi connectivity index (χ1) is 13.7. The highest BCUT2D eigenvalue weighted by atomic mass is 16.4. The molecule has 0 aliphatic carbocycles. The van der Waals surface area contributed by atoms with Crippen molar-refractivity contribution in [3.63, 3.8) is 0 Å². The van der Waals surface area contributed by atoms with Crippen molar-refractivity contribution in [1.82, 2.24) is 19.8 Å². The summed E-state index contributed by atoms with van der Waals surface area (Å²) in [7, 11) is 0. The second-order valence-electron chi connectivity index (χ2n) is 7.56. The van der Waals surface area contributed by atoms with Crippen molar-refractivity contribution in [2.24, 2.45) is 0 Å². The first-order valence-corrected chi connectivity index (χ1v) is 9.96. The van der Waals surface area contributed by atoms with Crippen LogP contribution in [0.1, 0.15) is 24.5 Å². The number of anilines is 1. The number of aliphatic hydroxyl groups is 1. The number of amides is 1. The van der Waals surface area contributed by atoms with Crippen molar-refractivity contribution >= 4 is 22.7 Å². The Morgan fingerprint density at radius 2 is 1.82 bits per heavy atom. The van der Waals surface area contributed by atoms with Crippen LogP contribution in [0.2, 0.25) is 0 Å². The summed E-state index contributed by atoms with van der Waals surface area (Å²) >= 11 is 0. The number of piperazine rings is 1. The normalized spacial score (nSPS) is 19.3. The second kappa shape index (κ2) is 8.28. The molecule has 0 unspecified atom stereocenters. The van der Waals surface area contributed by atoms with Gasteiger partial charge in [0.05, 0.1) is 17.8 Å². The van der Waals surface area contributed by atoms with E-state index in [2.05, 4.69) is 38.0 Å². The molecule has 0 bridgehead atoms. The Balaban J connectivity index is 1.50. The monoisotopic (exact) mass is 385 g/mol. The van der Waals surface area contributed by atoms with Crippen LogP contribution < -0.4 is 4.90 Å². The minimum Gasteiger partial charge on any atom is -0.465 e. The van der Waals surface area contributed by atoms with Gasteiger partial charge in [-0.05, 0) is 31.0 Å². The molecule has 2 N–H and O–H groups in total. The van der Waals surface area contributed by atoms with Gasteiger partial charge in [0.2, 0.25) is 0 Å². The van der Waals surface area contributed by atoms with E-state index in [1.807, 2.05) is 0 Å². The maximum absolute atomic E-state index is 11.1. The molecule has 2 aromatic rings. The summed E-state index contributed by atoms with van der Waals surface area (Å²) in [6.45, 7) is 5.85. The van der Waals surface area contributed by atoms with Gasteiger partial charge in [0.1, 0.15) is 6.33 Å². The Morgan fingerprint density at radius 3 is 2.50 bits per heavy atom. The number of carboxylic acid groups (broad SMARTS) is 1. The van der Waals surface area contributed by atoms with Crippen molar-refractivity contribution < 1.29 is 15.0 Å². The average Bonchev–Trinajstić information content (AvgIpc) is 2.74. The van der Waals surface area contributed by atoms with E-state index < -0.39 is 6.09 Å². The smallest absolute Gasteiger partial charge is 0.407 e. The molecule has 1 amide bonds. The standard InChI is InChI=1S/C20H27N5O3/c26-12-11-23-7-9-24(10-8-23)16-1-2-17-18(13-16)21-14-22-19(17)15-3-5-25(6-4-15)20(27)28/h1-2,13-15,26H,3-12H2,(H,27,28). The Morgan fingerprint density at radius 1 is 1.07 bits per heavy atom. The SMILES string of the molecule is O=C(O)N1CCC(c2ncnc3cc(N4CCN(CCO)CC4)ccc23)CC1. The van der Waals surface area contributed by atoms with E-state index in [-0.39, 0.29) is 12.5 Å². The van der Waals surface area contributed by atoms with Crippen molar-refractivity contribution in [3.05, 3.63) is 30.2 Å². The van der Waals surface area contributed by atoms with Crippen LogP contribution in [0.15, 0.2) is 24.5 Å². The summed E-state index contributed by atoms with van der Waals surface area (Å²) in [5, 5.41) is 19.3. The van der Waals surface area contributed by atoms with E-state index in [1.165, 1.54) is 10.6 Å². The van der Waals surface area contributed by atoms with Crippen molar-refractivity contribution in [3.8, 4) is 0 Å². The summed E-state index contributed by atoms with van der Waals surface area (Å²) in [6.07, 6.45) is 2.39. The van der Waals surface area contributed by atoms with Gasteiger partial charge in [-0.2, -0.15) is 0 Å². The lowest BCUT2D eigenvalue weighted by molar-refractivity contribution is 0.132. The van der Waals surface area contributed by atoms with Crippen LogP contribution >= 0.6 is 0 Å². The predicted molar refractivity (Wildman–Crippen MR) is 107 cm³/mol. The van der Waals surface area contributed by atoms with Crippen LogP contribution in [0, 0.1) is 0 Å². The molecule has 3 heterocycles. The quantitative estimate of drug-likeness (QED) is 0.826. The largest absolute Gasteiger partial charge is 0.465 e. The number of hydrogen-bond donors (Lipinski definition) is 2. The molecule has 150 valence electrons. The van der Waals surface area contributed by atoms with E-state index in [1.54, 1.807) is 6.33 Å². The lowest BCUT2D eigenvalue weighted by atomic mass is 9.91. The number of hydrogen-bond acceptors (Lipinski definition) is 6. The molecule has 0 saturated carbocycles. The van der Waals surface area contributed by atoms with Crippen LogP contribution in [0.25, 0.3) is 10.9 Å². The van der Waals surface area contributed by atoms with Gasteiger partial charge in [-0.3, -0.25) is 4.90 Å². The van der Waals surface area contributed by atoms with Crippen molar-refractivity contribution in [2.75, 3.05) is 57.3 Å². The molecule has 4 rings (SSSR count). The molecule has 0 spiro atoms. The minimum absolute atomic E-state index is 0.209. The fourth-order valence-corrected chi connectivity index (χ4v) is 4.30. The summed E-state index contributed by atoms with van der Waals surface area (Å²) in [5.41, 5.74) is 3.15. The molecule has 8 nitrogen and oxygen atoms in total. The summed E-state index contributed by atoms with van der Waals surface area (Å²) < 4.78 is 0. The number of rotatable bonds is 4.